The molecule has 3 heteroatoms. The maximum absolute atomic E-state index is 11.9. The minimum absolute atomic E-state index is 0.0871. The predicted octanol–water partition coefficient (Wildman–Crippen LogP) is 2.13. The Hall–Kier alpha value is -1.12. The summed E-state index contributed by atoms with van der Waals surface area (Å²) in [5, 5.41) is 0. The van der Waals surface area contributed by atoms with E-state index in [1.807, 2.05) is 0 Å². The lowest BCUT2D eigenvalue weighted by atomic mass is 9.77. The second-order valence-corrected chi connectivity index (χ2v) is 5.18. The van der Waals surface area contributed by atoms with Crippen molar-refractivity contribution in [3.05, 3.63) is 11.6 Å². The van der Waals surface area contributed by atoms with Gasteiger partial charge in [-0.15, -0.1) is 0 Å². The van der Waals surface area contributed by atoms with Gasteiger partial charge in [-0.1, -0.05) is 26.7 Å². The molecule has 1 saturated carbocycles. The molecule has 0 aromatic rings. The Kier molecular flexibility index (Phi) is 2.87. The highest BCUT2D eigenvalue weighted by Gasteiger charge is 2.39. The standard InChI is InChI=1S/C13H19NO2/c1-8-5-4-6-11(10(8)3)14-12(15)7-9(2)13(14)16/h7-8,10-11H,4-6H2,1-3H3. The van der Waals surface area contributed by atoms with Crippen molar-refractivity contribution < 1.29 is 9.59 Å². The van der Waals surface area contributed by atoms with Crippen LogP contribution in [0.15, 0.2) is 11.6 Å². The van der Waals surface area contributed by atoms with Crippen LogP contribution in [0.5, 0.6) is 0 Å². The van der Waals surface area contributed by atoms with Crippen LogP contribution in [0, 0.1) is 11.8 Å². The summed E-state index contributed by atoms with van der Waals surface area (Å²) in [5.74, 6) is 0.811. The topological polar surface area (TPSA) is 37.4 Å². The molecule has 0 spiro atoms. The molecule has 1 aliphatic heterocycles. The minimum Gasteiger partial charge on any atom is -0.272 e. The summed E-state index contributed by atoms with van der Waals surface area (Å²) >= 11 is 0. The van der Waals surface area contributed by atoms with Gasteiger partial charge in [-0.25, -0.2) is 0 Å². The third kappa shape index (κ3) is 1.68. The molecule has 0 aromatic carbocycles. The van der Waals surface area contributed by atoms with E-state index in [9.17, 15) is 9.59 Å². The fraction of sp³-hybridized carbons (Fsp3) is 0.692. The van der Waals surface area contributed by atoms with Crippen molar-refractivity contribution in [3.8, 4) is 0 Å². The van der Waals surface area contributed by atoms with Crippen LogP contribution in [-0.4, -0.2) is 22.8 Å². The van der Waals surface area contributed by atoms with Gasteiger partial charge in [0.1, 0.15) is 0 Å². The van der Waals surface area contributed by atoms with Crippen molar-refractivity contribution in [2.45, 2.75) is 46.1 Å². The average molecular weight is 221 g/mol. The van der Waals surface area contributed by atoms with Crippen molar-refractivity contribution in [3.63, 3.8) is 0 Å². The Morgan fingerprint density at radius 1 is 1.25 bits per heavy atom. The Labute approximate surface area is 96.5 Å². The highest BCUT2D eigenvalue weighted by atomic mass is 16.2. The van der Waals surface area contributed by atoms with Crippen molar-refractivity contribution in [1.29, 1.82) is 0 Å². The molecule has 0 saturated heterocycles. The number of hydrogen-bond acceptors (Lipinski definition) is 2. The number of carbonyl (C=O) groups is 2. The summed E-state index contributed by atoms with van der Waals surface area (Å²) < 4.78 is 0. The first-order valence-corrected chi connectivity index (χ1v) is 6.08. The molecule has 3 atom stereocenters. The number of amides is 2. The second kappa shape index (κ2) is 4.04. The van der Waals surface area contributed by atoms with E-state index in [1.54, 1.807) is 6.92 Å². The molecule has 1 aliphatic carbocycles. The van der Waals surface area contributed by atoms with E-state index < -0.39 is 0 Å². The molecule has 16 heavy (non-hydrogen) atoms. The zero-order valence-corrected chi connectivity index (χ0v) is 10.2. The predicted molar refractivity (Wildman–Crippen MR) is 61.6 cm³/mol. The third-order valence-corrected chi connectivity index (χ3v) is 4.13. The van der Waals surface area contributed by atoms with E-state index in [-0.39, 0.29) is 17.9 Å². The molecule has 2 amide bonds. The summed E-state index contributed by atoms with van der Waals surface area (Å²) in [4.78, 5) is 25.2. The lowest BCUT2D eigenvalue weighted by Crippen LogP contribution is -2.47. The first-order valence-electron chi connectivity index (χ1n) is 6.08. The van der Waals surface area contributed by atoms with Crippen molar-refractivity contribution in [2.24, 2.45) is 11.8 Å². The number of hydrogen-bond donors (Lipinski definition) is 0. The number of imide groups is 1. The smallest absolute Gasteiger partial charge is 0.256 e. The molecule has 3 nitrogen and oxygen atoms in total. The summed E-state index contributed by atoms with van der Waals surface area (Å²) in [6, 6.07) is 0.109. The Balaban J connectivity index is 2.19. The van der Waals surface area contributed by atoms with E-state index in [4.69, 9.17) is 0 Å². The molecule has 2 rings (SSSR count). The fourth-order valence-electron chi connectivity index (χ4n) is 2.84. The van der Waals surface area contributed by atoms with Crippen molar-refractivity contribution >= 4 is 11.8 Å². The number of rotatable bonds is 1. The summed E-state index contributed by atoms with van der Waals surface area (Å²) in [6.07, 6.45) is 4.75. The van der Waals surface area contributed by atoms with Gasteiger partial charge in [0.2, 0.25) is 0 Å². The van der Waals surface area contributed by atoms with Crippen molar-refractivity contribution in [1.82, 2.24) is 4.90 Å². The van der Waals surface area contributed by atoms with E-state index in [0.29, 0.717) is 17.4 Å². The third-order valence-electron chi connectivity index (χ3n) is 4.13. The maximum atomic E-state index is 11.9. The van der Waals surface area contributed by atoms with Crippen LogP contribution in [0.4, 0.5) is 0 Å². The van der Waals surface area contributed by atoms with Gasteiger partial charge in [0.25, 0.3) is 11.8 Å². The first-order chi connectivity index (χ1) is 7.52. The van der Waals surface area contributed by atoms with Crippen LogP contribution in [-0.2, 0) is 9.59 Å². The van der Waals surface area contributed by atoms with E-state index >= 15 is 0 Å². The van der Waals surface area contributed by atoms with Gasteiger partial charge in [-0.3, -0.25) is 14.5 Å². The Morgan fingerprint density at radius 2 is 1.94 bits per heavy atom. The minimum atomic E-state index is -0.117. The van der Waals surface area contributed by atoms with Crippen LogP contribution in [0.1, 0.15) is 40.0 Å². The Morgan fingerprint density at radius 3 is 2.50 bits per heavy atom. The Bertz CT molecular complexity index is 359. The summed E-state index contributed by atoms with van der Waals surface area (Å²) in [6.45, 7) is 6.09. The van der Waals surface area contributed by atoms with E-state index in [0.717, 1.165) is 12.8 Å². The van der Waals surface area contributed by atoms with E-state index in [2.05, 4.69) is 13.8 Å². The van der Waals surface area contributed by atoms with Gasteiger partial charge in [-0.2, -0.15) is 0 Å². The summed E-state index contributed by atoms with van der Waals surface area (Å²) in [7, 11) is 0. The van der Waals surface area contributed by atoms with Crippen LogP contribution in [0.3, 0.4) is 0 Å². The van der Waals surface area contributed by atoms with Gasteiger partial charge >= 0.3 is 0 Å². The van der Waals surface area contributed by atoms with Gasteiger partial charge in [0.05, 0.1) is 0 Å². The molecule has 3 unspecified atom stereocenters. The zero-order chi connectivity index (χ0) is 11.9. The molecule has 0 N–H and O–H groups in total. The lowest BCUT2D eigenvalue weighted by molar-refractivity contribution is -0.142. The monoisotopic (exact) mass is 221 g/mol. The largest absolute Gasteiger partial charge is 0.272 e. The molecule has 1 fully saturated rings. The van der Waals surface area contributed by atoms with Crippen LogP contribution < -0.4 is 0 Å². The number of nitrogens with zero attached hydrogens (tertiary/aromatic N) is 1. The molecule has 0 aromatic heterocycles. The highest BCUT2D eigenvalue weighted by Crippen LogP contribution is 2.34. The van der Waals surface area contributed by atoms with Crippen LogP contribution in [0.2, 0.25) is 0 Å². The van der Waals surface area contributed by atoms with Gasteiger partial charge < -0.3 is 0 Å². The van der Waals surface area contributed by atoms with Crippen LogP contribution >= 0.6 is 0 Å². The summed E-state index contributed by atoms with van der Waals surface area (Å²) in [5.41, 5.74) is 0.579. The van der Waals surface area contributed by atoms with Gasteiger partial charge in [-0.05, 0) is 25.2 Å². The number of carbonyl (C=O) groups excluding carboxylic acids is 2. The molecule has 2 aliphatic rings. The molecular weight excluding hydrogens is 202 g/mol. The molecule has 0 bridgehead atoms. The van der Waals surface area contributed by atoms with E-state index in [1.165, 1.54) is 17.4 Å². The molecule has 1 heterocycles. The average Bonchev–Trinajstić information content (AvgIpc) is 2.47. The lowest BCUT2D eigenvalue weighted by Gasteiger charge is -2.38. The normalized spacial score (nSPS) is 35.6. The van der Waals surface area contributed by atoms with Crippen LogP contribution in [0.25, 0.3) is 0 Å². The highest BCUT2D eigenvalue weighted by molar-refractivity contribution is 6.16. The second-order valence-electron chi connectivity index (χ2n) is 5.18. The quantitative estimate of drug-likeness (QED) is 0.636. The molecule has 88 valence electrons. The maximum Gasteiger partial charge on any atom is 0.256 e. The zero-order valence-electron chi connectivity index (χ0n) is 10.2. The first kappa shape index (κ1) is 11.4. The fourth-order valence-corrected chi connectivity index (χ4v) is 2.84. The van der Waals surface area contributed by atoms with Gasteiger partial charge in [0, 0.05) is 17.7 Å². The SMILES string of the molecule is CC1=CC(=O)N(C2CCCC(C)C2C)C1=O. The van der Waals surface area contributed by atoms with Gasteiger partial charge in [0.15, 0.2) is 0 Å². The molecule has 0 radical (unpaired) electrons. The van der Waals surface area contributed by atoms with Crippen molar-refractivity contribution in [2.75, 3.05) is 0 Å². The molecular formula is C13H19NO2.